The number of para-hydroxylation sites is 1. The van der Waals surface area contributed by atoms with Crippen molar-refractivity contribution in [2.45, 2.75) is 38.1 Å². The van der Waals surface area contributed by atoms with Crippen molar-refractivity contribution in [3.8, 4) is 5.75 Å². The summed E-state index contributed by atoms with van der Waals surface area (Å²) in [7, 11) is 0. The van der Waals surface area contributed by atoms with Gasteiger partial charge in [-0.1, -0.05) is 37.5 Å². The van der Waals surface area contributed by atoms with E-state index in [0.717, 1.165) is 31.8 Å². The van der Waals surface area contributed by atoms with Crippen LogP contribution in [-0.2, 0) is 9.59 Å². The smallest absolute Gasteiger partial charge is 0.336 e. The molecule has 1 aromatic rings. The number of benzene rings is 1. The van der Waals surface area contributed by atoms with Crippen LogP contribution in [0.15, 0.2) is 42.5 Å². The van der Waals surface area contributed by atoms with Gasteiger partial charge < -0.3 is 10.1 Å². The summed E-state index contributed by atoms with van der Waals surface area (Å²) in [5.74, 6) is -0.313. The molecule has 2 rings (SSSR count). The topological polar surface area (TPSA) is 55.4 Å². The van der Waals surface area contributed by atoms with Crippen molar-refractivity contribution < 1.29 is 14.3 Å². The molecule has 0 aromatic heterocycles. The minimum atomic E-state index is -0.546. The minimum Gasteiger partial charge on any atom is -0.423 e. The fourth-order valence-electron chi connectivity index (χ4n) is 2.28. The van der Waals surface area contributed by atoms with Gasteiger partial charge in [0.2, 0.25) is 5.91 Å². The number of amides is 1. The molecule has 1 aromatic carbocycles. The van der Waals surface area contributed by atoms with Gasteiger partial charge in [-0.25, -0.2) is 4.79 Å². The van der Waals surface area contributed by atoms with Crippen molar-refractivity contribution in [2.75, 3.05) is 0 Å². The molecule has 0 spiro atoms. The third-order valence-corrected chi connectivity index (χ3v) is 3.28. The Hall–Kier alpha value is -2.10. The number of hydrogen-bond donors (Lipinski definition) is 1. The van der Waals surface area contributed by atoms with Crippen LogP contribution in [0.1, 0.15) is 32.1 Å². The second-order valence-corrected chi connectivity index (χ2v) is 4.91. The number of carbonyl (C=O) groups is 2. The molecule has 1 fully saturated rings. The van der Waals surface area contributed by atoms with Crippen molar-refractivity contribution in [3.05, 3.63) is 42.5 Å². The number of ether oxygens (including phenoxy) is 1. The summed E-state index contributed by atoms with van der Waals surface area (Å²) in [5.41, 5.74) is 0. The van der Waals surface area contributed by atoms with Gasteiger partial charge >= 0.3 is 5.97 Å². The van der Waals surface area contributed by atoms with E-state index in [1.807, 2.05) is 6.07 Å². The van der Waals surface area contributed by atoms with Gasteiger partial charge in [-0.3, -0.25) is 4.79 Å². The first-order valence-electron chi connectivity index (χ1n) is 6.99. The zero-order valence-electron chi connectivity index (χ0n) is 11.4. The quantitative estimate of drug-likeness (QED) is 0.521. The predicted octanol–water partition coefficient (Wildman–Crippen LogP) is 2.60. The van der Waals surface area contributed by atoms with E-state index in [0.29, 0.717) is 5.75 Å². The lowest BCUT2D eigenvalue weighted by atomic mass is 9.95. The number of nitrogens with one attached hydrogen (secondary N) is 1. The fourth-order valence-corrected chi connectivity index (χ4v) is 2.28. The van der Waals surface area contributed by atoms with Crippen molar-refractivity contribution in [3.63, 3.8) is 0 Å². The second kappa shape index (κ2) is 7.48. The van der Waals surface area contributed by atoms with Gasteiger partial charge in [-0.05, 0) is 25.0 Å². The SMILES string of the molecule is O=C(/C=C\C(=O)Oc1ccccc1)NC1CCCCC1. The molecule has 0 unspecified atom stereocenters. The van der Waals surface area contributed by atoms with Crippen LogP contribution in [0.25, 0.3) is 0 Å². The van der Waals surface area contributed by atoms with Gasteiger partial charge in [-0.15, -0.1) is 0 Å². The van der Waals surface area contributed by atoms with E-state index in [4.69, 9.17) is 4.74 Å². The number of esters is 1. The molecule has 1 N–H and O–H groups in total. The molecule has 0 saturated heterocycles. The van der Waals surface area contributed by atoms with E-state index < -0.39 is 5.97 Å². The fraction of sp³-hybridized carbons (Fsp3) is 0.375. The lowest BCUT2D eigenvalue weighted by molar-refractivity contribution is -0.129. The van der Waals surface area contributed by atoms with Gasteiger partial charge in [0.1, 0.15) is 5.75 Å². The van der Waals surface area contributed by atoms with E-state index >= 15 is 0 Å². The highest BCUT2D eigenvalue weighted by molar-refractivity contribution is 5.95. The highest BCUT2D eigenvalue weighted by atomic mass is 16.5. The lowest BCUT2D eigenvalue weighted by Gasteiger charge is -2.21. The Bertz CT molecular complexity index is 476. The molecule has 106 valence electrons. The van der Waals surface area contributed by atoms with Gasteiger partial charge in [0, 0.05) is 18.2 Å². The molecule has 0 aliphatic heterocycles. The Morgan fingerprint density at radius 2 is 1.75 bits per heavy atom. The third kappa shape index (κ3) is 4.88. The Kier molecular flexibility index (Phi) is 5.35. The molecule has 1 saturated carbocycles. The third-order valence-electron chi connectivity index (χ3n) is 3.28. The monoisotopic (exact) mass is 273 g/mol. The molecule has 0 atom stereocenters. The van der Waals surface area contributed by atoms with E-state index in [1.165, 1.54) is 12.5 Å². The average molecular weight is 273 g/mol. The van der Waals surface area contributed by atoms with Crippen LogP contribution >= 0.6 is 0 Å². The van der Waals surface area contributed by atoms with Crippen LogP contribution in [0.4, 0.5) is 0 Å². The van der Waals surface area contributed by atoms with Gasteiger partial charge in [0.05, 0.1) is 0 Å². The highest BCUT2D eigenvalue weighted by Gasteiger charge is 2.14. The minimum absolute atomic E-state index is 0.234. The van der Waals surface area contributed by atoms with E-state index in [2.05, 4.69) is 5.32 Å². The van der Waals surface area contributed by atoms with Crippen molar-refractivity contribution in [1.82, 2.24) is 5.32 Å². The maximum Gasteiger partial charge on any atom is 0.336 e. The molecule has 1 amide bonds. The van der Waals surface area contributed by atoms with Crippen LogP contribution in [0.5, 0.6) is 5.75 Å². The summed E-state index contributed by atoms with van der Waals surface area (Å²) in [5, 5.41) is 2.90. The second-order valence-electron chi connectivity index (χ2n) is 4.91. The summed E-state index contributed by atoms with van der Waals surface area (Å²) < 4.78 is 5.05. The standard InChI is InChI=1S/C16H19NO3/c18-15(17-13-7-3-1-4-8-13)11-12-16(19)20-14-9-5-2-6-10-14/h2,5-6,9-13H,1,3-4,7-8H2,(H,17,18)/b12-11-. The molecule has 1 aliphatic carbocycles. The molecule has 0 bridgehead atoms. The molecule has 4 heteroatoms. The van der Waals surface area contributed by atoms with Crippen molar-refractivity contribution in [2.24, 2.45) is 0 Å². The first-order valence-corrected chi connectivity index (χ1v) is 6.99. The zero-order valence-corrected chi connectivity index (χ0v) is 11.4. The number of hydrogen-bond acceptors (Lipinski definition) is 3. The van der Waals surface area contributed by atoms with Crippen molar-refractivity contribution >= 4 is 11.9 Å². The van der Waals surface area contributed by atoms with Gasteiger partial charge in [0.15, 0.2) is 0 Å². The van der Waals surface area contributed by atoms with Crippen LogP contribution in [0.3, 0.4) is 0 Å². The van der Waals surface area contributed by atoms with E-state index in [-0.39, 0.29) is 11.9 Å². The Morgan fingerprint density at radius 1 is 1.05 bits per heavy atom. The average Bonchev–Trinajstić information content (AvgIpc) is 2.47. The van der Waals surface area contributed by atoms with Crippen LogP contribution in [-0.4, -0.2) is 17.9 Å². The summed E-state index contributed by atoms with van der Waals surface area (Å²) >= 11 is 0. The summed E-state index contributed by atoms with van der Waals surface area (Å²) in [4.78, 5) is 23.2. The predicted molar refractivity (Wildman–Crippen MR) is 76.2 cm³/mol. The Labute approximate surface area is 118 Å². The maximum atomic E-state index is 11.7. The molecular formula is C16H19NO3. The molecular weight excluding hydrogens is 254 g/mol. The molecule has 0 heterocycles. The van der Waals surface area contributed by atoms with Crippen molar-refractivity contribution in [1.29, 1.82) is 0 Å². The number of rotatable bonds is 4. The van der Waals surface area contributed by atoms with Gasteiger partial charge in [0.25, 0.3) is 0 Å². The lowest BCUT2D eigenvalue weighted by Crippen LogP contribution is -2.35. The van der Waals surface area contributed by atoms with Crippen LogP contribution in [0.2, 0.25) is 0 Å². The maximum absolute atomic E-state index is 11.7. The highest BCUT2D eigenvalue weighted by Crippen LogP contribution is 2.17. The molecule has 4 nitrogen and oxygen atoms in total. The van der Waals surface area contributed by atoms with E-state index in [9.17, 15) is 9.59 Å². The zero-order chi connectivity index (χ0) is 14.2. The molecule has 0 radical (unpaired) electrons. The largest absolute Gasteiger partial charge is 0.423 e. The molecule has 1 aliphatic rings. The summed E-state index contributed by atoms with van der Waals surface area (Å²) in [6, 6.07) is 9.02. The van der Waals surface area contributed by atoms with Crippen LogP contribution < -0.4 is 10.1 Å². The first kappa shape index (κ1) is 14.3. The Balaban J connectivity index is 1.76. The molecule has 20 heavy (non-hydrogen) atoms. The summed E-state index contributed by atoms with van der Waals surface area (Å²) in [6.07, 6.45) is 7.99. The number of carbonyl (C=O) groups excluding carboxylic acids is 2. The summed E-state index contributed by atoms with van der Waals surface area (Å²) in [6.45, 7) is 0. The normalized spacial score (nSPS) is 16.0. The van der Waals surface area contributed by atoms with Crippen LogP contribution in [0, 0.1) is 0 Å². The first-order chi connectivity index (χ1) is 9.74. The van der Waals surface area contributed by atoms with E-state index in [1.54, 1.807) is 24.3 Å². The Morgan fingerprint density at radius 3 is 2.45 bits per heavy atom. The van der Waals surface area contributed by atoms with Gasteiger partial charge in [-0.2, -0.15) is 0 Å².